The first-order chi connectivity index (χ1) is 10.7. The highest BCUT2D eigenvalue weighted by molar-refractivity contribution is 7.80. The molecule has 112 valence electrons. The van der Waals surface area contributed by atoms with Crippen molar-refractivity contribution in [3.63, 3.8) is 0 Å². The van der Waals surface area contributed by atoms with Crippen LogP contribution in [0.15, 0.2) is 67.3 Å². The second-order valence-electron chi connectivity index (χ2n) is 4.37. The Morgan fingerprint density at radius 3 is 2.55 bits per heavy atom. The summed E-state index contributed by atoms with van der Waals surface area (Å²) in [4.78, 5) is 12.0. The van der Waals surface area contributed by atoms with Gasteiger partial charge in [0.15, 0.2) is 5.11 Å². The van der Waals surface area contributed by atoms with Crippen LogP contribution in [-0.2, 0) is 0 Å². The van der Waals surface area contributed by atoms with Crippen molar-refractivity contribution in [1.82, 2.24) is 5.32 Å². The van der Waals surface area contributed by atoms with Crippen LogP contribution < -0.4 is 15.4 Å². The Morgan fingerprint density at radius 1 is 1.14 bits per heavy atom. The van der Waals surface area contributed by atoms with E-state index in [0.717, 1.165) is 0 Å². The lowest BCUT2D eigenvalue weighted by Crippen LogP contribution is -2.34. The molecule has 22 heavy (non-hydrogen) atoms. The van der Waals surface area contributed by atoms with Crippen molar-refractivity contribution in [2.75, 3.05) is 11.9 Å². The van der Waals surface area contributed by atoms with Crippen molar-refractivity contribution in [3.8, 4) is 5.75 Å². The number of rotatable bonds is 5. The van der Waals surface area contributed by atoms with Crippen molar-refractivity contribution in [2.45, 2.75) is 0 Å². The van der Waals surface area contributed by atoms with E-state index in [1.54, 1.807) is 30.3 Å². The number of benzene rings is 2. The van der Waals surface area contributed by atoms with Crippen LogP contribution in [0.4, 0.5) is 5.69 Å². The SMILES string of the molecule is C=CCOc1ccccc1NC(=S)NC(=O)c1ccccc1. The topological polar surface area (TPSA) is 50.4 Å². The lowest BCUT2D eigenvalue weighted by Gasteiger charge is -2.13. The fourth-order valence-electron chi connectivity index (χ4n) is 1.76. The van der Waals surface area contributed by atoms with Crippen LogP contribution >= 0.6 is 12.2 Å². The summed E-state index contributed by atoms with van der Waals surface area (Å²) in [5.41, 5.74) is 1.23. The van der Waals surface area contributed by atoms with E-state index in [2.05, 4.69) is 17.2 Å². The van der Waals surface area contributed by atoms with Crippen molar-refractivity contribution in [1.29, 1.82) is 0 Å². The molecule has 0 unspecified atom stereocenters. The van der Waals surface area contributed by atoms with Crippen LogP contribution in [0.3, 0.4) is 0 Å². The minimum absolute atomic E-state index is 0.212. The molecule has 0 spiro atoms. The maximum Gasteiger partial charge on any atom is 0.257 e. The minimum Gasteiger partial charge on any atom is -0.487 e. The molecule has 0 bridgehead atoms. The van der Waals surface area contributed by atoms with Crippen LogP contribution in [0.2, 0.25) is 0 Å². The third kappa shape index (κ3) is 4.43. The third-order valence-corrected chi connectivity index (χ3v) is 2.96. The Hall–Kier alpha value is -2.66. The van der Waals surface area contributed by atoms with E-state index in [0.29, 0.717) is 23.6 Å². The summed E-state index contributed by atoms with van der Waals surface area (Å²) in [6, 6.07) is 16.2. The number of anilines is 1. The summed E-state index contributed by atoms with van der Waals surface area (Å²) in [6.45, 7) is 4.00. The van der Waals surface area contributed by atoms with Gasteiger partial charge in [0.2, 0.25) is 0 Å². The quantitative estimate of drug-likeness (QED) is 0.656. The van der Waals surface area contributed by atoms with Gasteiger partial charge < -0.3 is 10.1 Å². The van der Waals surface area contributed by atoms with Crippen LogP contribution in [0.5, 0.6) is 5.75 Å². The van der Waals surface area contributed by atoms with E-state index >= 15 is 0 Å². The summed E-state index contributed by atoms with van der Waals surface area (Å²) in [5, 5.41) is 5.81. The fraction of sp³-hybridized carbons (Fsp3) is 0.0588. The molecule has 5 heteroatoms. The predicted molar refractivity (Wildman–Crippen MR) is 92.3 cm³/mol. The number of amides is 1. The van der Waals surface area contributed by atoms with Gasteiger partial charge >= 0.3 is 0 Å². The number of carbonyl (C=O) groups is 1. The van der Waals surface area contributed by atoms with Crippen LogP contribution in [0.25, 0.3) is 0 Å². The average molecular weight is 312 g/mol. The number of carbonyl (C=O) groups excluding carboxylic acids is 1. The zero-order valence-corrected chi connectivity index (χ0v) is 12.7. The van der Waals surface area contributed by atoms with Gasteiger partial charge in [0.05, 0.1) is 5.69 Å². The van der Waals surface area contributed by atoms with Crippen LogP contribution in [0, 0.1) is 0 Å². The molecule has 2 aromatic carbocycles. The Balaban J connectivity index is 2.00. The highest BCUT2D eigenvalue weighted by Gasteiger charge is 2.09. The van der Waals surface area contributed by atoms with Gasteiger partial charge in [-0.05, 0) is 36.5 Å². The maximum atomic E-state index is 12.0. The lowest BCUT2D eigenvalue weighted by molar-refractivity contribution is 0.0977. The zero-order chi connectivity index (χ0) is 15.8. The molecule has 0 atom stereocenters. The van der Waals surface area contributed by atoms with Crippen molar-refractivity contribution < 1.29 is 9.53 Å². The second-order valence-corrected chi connectivity index (χ2v) is 4.78. The number of nitrogens with one attached hydrogen (secondary N) is 2. The summed E-state index contributed by atoms with van der Waals surface area (Å²) in [5.74, 6) is 0.376. The van der Waals surface area contributed by atoms with Crippen LogP contribution in [-0.4, -0.2) is 17.6 Å². The molecule has 0 aliphatic heterocycles. The first-order valence-corrected chi connectivity index (χ1v) is 7.11. The first kappa shape index (κ1) is 15.7. The molecule has 2 N–H and O–H groups in total. The van der Waals surface area contributed by atoms with Crippen molar-refractivity contribution in [2.24, 2.45) is 0 Å². The van der Waals surface area contributed by atoms with Gasteiger partial charge in [-0.2, -0.15) is 0 Å². The summed E-state index contributed by atoms with van der Waals surface area (Å²) in [7, 11) is 0. The number of hydrogen-bond donors (Lipinski definition) is 2. The molecule has 0 radical (unpaired) electrons. The molecule has 2 aromatic rings. The van der Waals surface area contributed by atoms with Gasteiger partial charge in [-0.15, -0.1) is 0 Å². The van der Waals surface area contributed by atoms with Crippen molar-refractivity contribution >= 4 is 28.9 Å². The van der Waals surface area contributed by atoms with Gasteiger partial charge in [-0.25, -0.2) is 0 Å². The maximum absolute atomic E-state index is 12.0. The Kier molecular flexibility index (Phi) is 5.68. The molecule has 0 saturated carbocycles. The van der Waals surface area contributed by atoms with Gasteiger partial charge in [0.1, 0.15) is 12.4 Å². The highest BCUT2D eigenvalue weighted by atomic mass is 32.1. The Bertz CT molecular complexity index is 671. The summed E-state index contributed by atoms with van der Waals surface area (Å²) in [6.07, 6.45) is 1.66. The molecule has 0 saturated heterocycles. The summed E-state index contributed by atoms with van der Waals surface area (Å²) < 4.78 is 5.52. The number of para-hydroxylation sites is 2. The molecular weight excluding hydrogens is 296 g/mol. The normalized spacial score (nSPS) is 9.64. The molecule has 4 nitrogen and oxygen atoms in total. The van der Waals surface area contributed by atoms with Gasteiger partial charge in [0.25, 0.3) is 5.91 Å². The predicted octanol–water partition coefficient (Wildman–Crippen LogP) is 3.38. The van der Waals surface area contributed by atoms with E-state index in [9.17, 15) is 4.79 Å². The Morgan fingerprint density at radius 2 is 1.82 bits per heavy atom. The molecule has 1 amide bonds. The average Bonchev–Trinajstić information content (AvgIpc) is 2.54. The van der Waals surface area contributed by atoms with Gasteiger partial charge in [-0.3, -0.25) is 10.1 Å². The zero-order valence-electron chi connectivity index (χ0n) is 11.9. The first-order valence-electron chi connectivity index (χ1n) is 6.71. The van der Waals surface area contributed by atoms with E-state index in [-0.39, 0.29) is 11.0 Å². The second kappa shape index (κ2) is 7.95. The molecule has 0 aromatic heterocycles. The smallest absolute Gasteiger partial charge is 0.257 e. The standard InChI is InChI=1S/C17H16N2O2S/c1-2-12-21-15-11-7-6-10-14(15)18-17(22)19-16(20)13-8-4-3-5-9-13/h2-11H,1,12H2,(H2,18,19,20,22). The highest BCUT2D eigenvalue weighted by Crippen LogP contribution is 2.23. The molecule has 2 rings (SSSR count). The fourth-order valence-corrected chi connectivity index (χ4v) is 1.97. The monoisotopic (exact) mass is 312 g/mol. The molecular formula is C17H16N2O2S. The molecule has 0 aliphatic carbocycles. The molecule has 0 aliphatic rings. The Labute approximate surface area is 134 Å². The van der Waals surface area contributed by atoms with E-state index in [4.69, 9.17) is 17.0 Å². The lowest BCUT2D eigenvalue weighted by atomic mass is 10.2. The molecule has 0 heterocycles. The van der Waals surface area contributed by atoms with Crippen molar-refractivity contribution in [3.05, 3.63) is 72.8 Å². The van der Waals surface area contributed by atoms with Gasteiger partial charge in [-0.1, -0.05) is 43.0 Å². The third-order valence-electron chi connectivity index (χ3n) is 2.75. The van der Waals surface area contributed by atoms with E-state index < -0.39 is 0 Å². The van der Waals surface area contributed by atoms with E-state index in [1.807, 2.05) is 30.3 Å². The number of thiocarbonyl (C=S) groups is 1. The minimum atomic E-state index is -0.261. The number of hydrogen-bond acceptors (Lipinski definition) is 3. The number of ether oxygens (including phenoxy) is 1. The summed E-state index contributed by atoms with van der Waals surface area (Å²) >= 11 is 5.17. The molecule has 0 fully saturated rings. The van der Waals surface area contributed by atoms with Gasteiger partial charge in [0, 0.05) is 5.56 Å². The van der Waals surface area contributed by atoms with Crippen LogP contribution in [0.1, 0.15) is 10.4 Å². The largest absolute Gasteiger partial charge is 0.487 e. The van der Waals surface area contributed by atoms with E-state index in [1.165, 1.54) is 0 Å².